The lowest BCUT2D eigenvalue weighted by Gasteiger charge is -2.29. The zero-order chi connectivity index (χ0) is 13.8. The quantitative estimate of drug-likeness (QED) is 0.904. The second kappa shape index (κ2) is 5.99. The first-order valence-corrected chi connectivity index (χ1v) is 6.93. The normalized spacial score (nSPS) is 17.1. The van der Waals surface area contributed by atoms with Gasteiger partial charge in [0.05, 0.1) is 11.4 Å². The third-order valence-corrected chi connectivity index (χ3v) is 3.47. The molecule has 0 spiro atoms. The minimum absolute atomic E-state index is 0.155. The van der Waals surface area contributed by atoms with Gasteiger partial charge in [-0.1, -0.05) is 0 Å². The molecule has 5 nitrogen and oxygen atoms in total. The highest BCUT2D eigenvalue weighted by atomic mass is 16.2. The first-order valence-electron chi connectivity index (χ1n) is 6.93. The lowest BCUT2D eigenvalue weighted by molar-refractivity contribution is -0.132. The zero-order valence-corrected chi connectivity index (χ0v) is 11.9. The van der Waals surface area contributed by atoms with Gasteiger partial charge in [0.1, 0.15) is 11.9 Å². The fraction of sp³-hybridized carbons (Fsp3) is 0.643. The number of hydrogen-bond acceptors (Lipinski definition) is 4. The summed E-state index contributed by atoms with van der Waals surface area (Å²) >= 11 is 0. The molecule has 5 heteroatoms. The molecule has 1 atom stereocenters. The zero-order valence-electron chi connectivity index (χ0n) is 11.9. The summed E-state index contributed by atoms with van der Waals surface area (Å²) in [5.41, 5.74) is 1.68. The number of nitrogens with one attached hydrogen (secondary N) is 1. The molecule has 1 fully saturated rings. The molecule has 1 aromatic heterocycles. The van der Waals surface area contributed by atoms with Gasteiger partial charge in [0, 0.05) is 19.3 Å². The highest BCUT2D eigenvalue weighted by Gasteiger charge is 2.22. The van der Waals surface area contributed by atoms with E-state index in [1.807, 2.05) is 25.7 Å². The predicted octanol–water partition coefficient (Wildman–Crippen LogP) is 1.91. The molecule has 0 saturated carbocycles. The van der Waals surface area contributed by atoms with Crippen LogP contribution in [-0.2, 0) is 4.79 Å². The van der Waals surface area contributed by atoms with E-state index in [9.17, 15) is 4.79 Å². The summed E-state index contributed by atoms with van der Waals surface area (Å²) < 4.78 is 0. The number of piperidine rings is 1. The van der Waals surface area contributed by atoms with E-state index in [1.54, 1.807) is 6.20 Å². The predicted molar refractivity (Wildman–Crippen MR) is 75.0 cm³/mol. The largest absolute Gasteiger partial charge is 0.357 e. The smallest absolute Gasteiger partial charge is 0.244 e. The molecule has 2 heterocycles. The van der Waals surface area contributed by atoms with E-state index < -0.39 is 0 Å². The monoisotopic (exact) mass is 262 g/mol. The molecular formula is C14H22N4O. The maximum absolute atomic E-state index is 12.3. The molecule has 104 valence electrons. The number of carbonyl (C=O) groups excluding carboxylic acids is 1. The first-order chi connectivity index (χ1) is 9.08. The summed E-state index contributed by atoms with van der Waals surface area (Å²) in [6, 6.07) is -0.257. The van der Waals surface area contributed by atoms with Gasteiger partial charge in [0.25, 0.3) is 0 Å². The minimum atomic E-state index is -0.257. The maximum Gasteiger partial charge on any atom is 0.244 e. The van der Waals surface area contributed by atoms with Crippen molar-refractivity contribution in [3.63, 3.8) is 0 Å². The van der Waals surface area contributed by atoms with Crippen LogP contribution in [0.4, 0.5) is 5.82 Å². The summed E-state index contributed by atoms with van der Waals surface area (Å²) in [5.74, 6) is 0.861. The Morgan fingerprint density at radius 3 is 2.68 bits per heavy atom. The van der Waals surface area contributed by atoms with Crippen molar-refractivity contribution in [3.05, 3.63) is 17.6 Å². The van der Waals surface area contributed by atoms with Gasteiger partial charge in [0.2, 0.25) is 5.91 Å². The molecule has 2 rings (SSSR count). The van der Waals surface area contributed by atoms with Gasteiger partial charge in [-0.15, -0.1) is 0 Å². The molecule has 0 aromatic carbocycles. The topological polar surface area (TPSA) is 58.1 Å². The van der Waals surface area contributed by atoms with Crippen LogP contribution < -0.4 is 5.32 Å². The van der Waals surface area contributed by atoms with E-state index in [-0.39, 0.29) is 11.9 Å². The van der Waals surface area contributed by atoms with E-state index in [2.05, 4.69) is 15.3 Å². The molecular weight excluding hydrogens is 240 g/mol. The van der Waals surface area contributed by atoms with Crippen LogP contribution in [0, 0.1) is 13.8 Å². The second-order valence-electron chi connectivity index (χ2n) is 5.20. The molecule has 0 bridgehead atoms. The molecule has 1 N–H and O–H groups in total. The molecule has 1 saturated heterocycles. The standard InChI is InChI=1S/C14H22N4O/c1-10-9-15-11(2)13(16-10)17-12(3)14(19)18-7-5-4-6-8-18/h9,12H,4-8H2,1-3H3,(H,16,17). The first kappa shape index (κ1) is 13.8. The Labute approximate surface area is 114 Å². The number of nitrogens with zero attached hydrogens (tertiary/aromatic N) is 3. The van der Waals surface area contributed by atoms with Crippen molar-refractivity contribution in [2.24, 2.45) is 0 Å². The van der Waals surface area contributed by atoms with E-state index in [0.717, 1.165) is 37.3 Å². The Morgan fingerprint density at radius 2 is 2.00 bits per heavy atom. The molecule has 0 radical (unpaired) electrons. The van der Waals surface area contributed by atoms with Gasteiger partial charge in [-0.2, -0.15) is 0 Å². The molecule has 1 aliphatic rings. The van der Waals surface area contributed by atoms with Crippen LogP contribution in [0.25, 0.3) is 0 Å². The fourth-order valence-electron chi connectivity index (χ4n) is 2.33. The Bertz CT molecular complexity index is 455. The molecule has 1 unspecified atom stereocenters. The molecule has 1 aliphatic heterocycles. The Kier molecular flexibility index (Phi) is 4.35. The number of rotatable bonds is 3. The van der Waals surface area contributed by atoms with Crippen LogP contribution in [-0.4, -0.2) is 39.9 Å². The Hall–Kier alpha value is -1.65. The van der Waals surface area contributed by atoms with Crippen molar-refractivity contribution in [1.29, 1.82) is 0 Å². The van der Waals surface area contributed by atoms with Gasteiger partial charge >= 0.3 is 0 Å². The highest BCUT2D eigenvalue weighted by molar-refractivity contribution is 5.84. The Morgan fingerprint density at radius 1 is 1.32 bits per heavy atom. The van der Waals surface area contributed by atoms with Crippen molar-refractivity contribution in [3.8, 4) is 0 Å². The van der Waals surface area contributed by atoms with Crippen molar-refractivity contribution in [1.82, 2.24) is 14.9 Å². The molecule has 1 aromatic rings. The number of likely N-dealkylation sites (tertiary alicyclic amines) is 1. The minimum Gasteiger partial charge on any atom is -0.357 e. The van der Waals surface area contributed by atoms with Crippen LogP contribution in [0.2, 0.25) is 0 Å². The third kappa shape index (κ3) is 3.43. The number of aromatic nitrogens is 2. The van der Waals surface area contributed by atoms with Gasteiger partial charge < -0.3 is 10.2 Å². The second-order valence-corrected chi connectivity index (χ2v) is 5.20. The van der Waals surface area contributed by atoms with Crippen LogP contribution >= 0.6 is 0 Å². The summed E-state index contributed by atoms with van der Waals surface area (Å²) in [7, 11) is 0. The van der Waals surface area contributed by atoms with E-state index in [0.29, 0.717) is 5.82 Å². The van der Waals surface area contributed by atoms with Gasteiger partial charge in [-0.25, -0.2) is 4.98 Å². The molecule has 0 aliphatic carbocycles. The van der Waals surface area contributed by atoms with Crippen molar-refractivity contribution >= 4 is 11.7 Å². The Balaban J connectivity index is 2.01. The van der Waals surface area contributed by atoms with Crippen molar-refractivity contribution in [2.45, 2.75) is 46.1 Å². The van der Waals surface area contributed by atoms with Crippen LogP contribution in [0.15, 0.2) is 6.20 Å². The summed E-state index contributed by atoms with van der Waals surface area (Å²) in [4.78, 5) is 22.9. The summed E-state index contributed by atoms with van der Waals surface area (Å²) in [6.45, 7) is 7.44. The highest BCUT2D eigenvalue weighted by Crippen LogP contribution is 2.14. The van der Waals surface area contributed by atoms with Gasteiger partial charge in [-0.3, -0.25) is 9.78 Å². The number of hydrogen-bond donors (Lipinski definition) is 1. The fourth-order valence-corrected chi connectivity index (χ4v) is 2.33. The van der Waals surface area contributed by atoms with Crippen LogP contribution in [0.1, 0.15) is 37.6 Å². The third-order valence-electron chi connectivity index (χ3n) is 3.47. The van der Waals surface area contributed by atoms with E-state index in [1.165, 1.54) is 6.42 Å². The maximum atomic E-state index is 12.3. The van der Waals surface area contributed by atoms with Gasteiger partial charge in [-0.05, 0) is 40.0 Å². The van der Waals surface area contributed by atoms with Crippen LogP contribution in [0.3, 0.4) is 0 Å². The van der Waals surface area contributed by atoms with Crippen molar-refractivity contribution in [2.75, 3.05) is 18.4 Å². The van der Waals surface area contributed by atoms with Gasteiger partial charge in [0.15, 0.2) is 0 Å². The molecule has 19 heavy (non-hydrogen) atoms. The lowest BCUT2D eigenvalue weighted by Crippen LogP contribution is -2.44. The average Bonchev–Trinajstić information content (AvgIpc) is 2.43. The van der Waals surface area contributed by atoms with Crippen LogP contribution in [0.5, 0.6) is 0 Å². The number of aryl methyl sites for hydroxylation is 2. The number of carbonyl (C=O) groups is 1. The summed E-state index contributed by atoms with van der Waals surface area (Å²) in [6.07, 6.45) is 5.19. The number of amides is 1. The average molecular weight is 262 g/mol. The van der Waals surface area contributed by atoms with E-state index in [4.69, 9.17) is 0 Å². The lowest BCUT2D eigenvalue weighted by atomic mass is 10.1. The summed E-state index contributed by atoms with van der Waals surface area (Å²) in [5, 5.41) is 3.18. The number of anilines is 1. The van der Waals surface area contributed by atoms with Crippen molar-refractivity contribution < 1.29 is 4.79 Å². The van der Waals surface area contributed by atoms with E-state index >= 15 is 0 Å². The SMILES string of the molecule is Cc1cnc(C)c(NC(C)C(=O)N2CCCCC2)n1. The molecule has 1 amide bonds.